The van der Waals surface area contributed by atoms with Crippen LogP contribution in [0, 0.1) is 11.8 Å². The molecule has 2 atom stereocenters. The lowest BCUT2D eigenvalue weighted by Crippen LogP contribution is -2.50. The predicted molar refractivity (Wildman–Crippen MR) is 93.2 cm³/mol. The first-order valence-corrected chi connectivity index (χ1v) is 8.73. The molecule has 130 valence electrons. The minimum Gasteiger partial charge on any atom is -0.461 e. The number of furan rings is 1. The van der Waals surface area contributed by atoms with Gasteiger partial charge >= 0.3 is 0 Å². The number of hydrogen-bond acceptors (Lipinski definition) is 5. The zero-order valence-corrected chi connectivity index (χ0v) is 14.8. The summed E-state index contributed by atoms with van der Waals surface area (Å²) in [5.41, 5.74) is 0.538. The molecule has 24 heavy (non-hydrogen) atoms. The summed E-state index contributed by atoms with van der Waals surface area (Å²) in [6, 6.07) is 3.69. The monoisotopic (exact) mass is 329 g/mol. The molecule has 2 aromatic heterocycles. The Morgan fingerprint density at radius 1 is 1.38 bits per heavy atom. The molecule has 1 saturated heterocycles. The molecule has 0 aliphatic carbocycles. The summed E-state index contributed by atoms with van der Waals surface area (Å²) in [7, 11) is 0. The predicted octanol–water partition coefficient (Wildman–Crippen LogP) is 3.36. The lowest BCUT2D eigenvalue weighted by Gasteiger charge is -2.43. The average Bonchev–Trinajstić information content (AvgIpc) is 3.05. The van der Waals surface area contributed by atoms with E-state index < -0.39 is 5.60 Å². The highest BCUT2D eigenvalue weighted by atomic mass is 16.3. The molecule has 0 spiro atoms. The van der Waals surface area contributed by atoms with Crippen LogP contribution in [0.1, 0.15) is 39.2 Å². The standard InChI is InChI=1S/C19H27N3O2/c1-14(2)9-16-13-22(7-6-19(16,3)23)12-15-10-20-18(21-11-15)17-5-4-8-24-17/h4-5,8,10-11,14,16,23H,6-7,9,12-13H2,1-3H3/t16-,19+/m1/s1. The molecule has 1 fully saturated rings. The number of piperidine rings is 1. The fourth-order valence-electron chi connectivity index (χ4n) is 3.46. The maximum atomic E-state index is 10.6. The van der Waals surface area contributed by atoms with E-state index in [-0.39, 0.29) is 0 Å². The second kappa shape index (κ2) is 7.03. The van der Waals surface area contributed by atoms with Crippen molar-refractivity contribution in [1.82, 2.24) is 14.9 Å². The van der Waals surface area contributed by atoms with Crippen molar-refractivity contribution in [2.75, 3.05) is 13.1 Å². The van der Waals surface area contributed by atoms with Crippen LogP contribution in [0.25, 0.3) is 11.6 Å². The highest BCUT2D eigenvalue weighted by Crippen LogP contribution is 2.32. The topological polar surface area (TPSA) is 62.4 Å². The quantitative estimate of drug-likeness (QED) is 0.911. The van der Waals surface area contributed by atoms with Gasteiger partial charge in [-0.25, -0.2) is 9.97 Å². The largest absolute Gasteiger partial charge is 0.461 e. The van der Waals surface area contributed by atoms with Crippen molar-refractivity contribution < 1.29 is 9.52 Å². The molecule has 0 amide bonds. The second-order valence-electron chi connectivity index (χ2n) is 7.56. The Morgan fingerprint density at radius 3 is 2.75 bits per heavy atom. The third-order valence-electron chi connectivity index (χ3n) is 4.90. The molecule has 3 rings (SSSR count). The van der Waals surface area contributed by atoms with Crippen molar-refractivity contribution in [1.29, 1.82) is 0 Å². The third kappa shape index (κ3) is 4.02. The molecule has 0 saturated carbocycles. The van der Waals surface area contributed by atoms with Gasteiger partial charge in [0.2, 0.25) is 0 Å². The molecular formula is C19H27N3O2. The van der Waals surface area contributed by atoms with Crippen molar-refractivity contribution in [2.24, 2.45) is 11.8 Å². The van der Waals surface area contributed by atoms with Crippen LogP contribution >= 0.6 is 0 Å². The minimum atomic E-state index is -0.555. The second-order valence-corrected chi connectivity index (χ2v) is 7.56. The minimum absolute atomic E-state index is 0.314. The van der Waals surface area contributed by atoms with Crippen LogP contribution in [0.2, 0.25) is 0 Å². The van der Waals surface area contributed by atoms with Gasteiger partial charge in [-0.1, -0.05) is 13.8 Å². The molecule has 0 unspecified atom stereocenters. The summed E-state index contributed by atoms with van der Waals surface area (Å²) in [5.74, 6) is 2.21. The van der Waals surface area contributed by atoms with Crippen LogP contribution in [-0.4, -0.2) is 38.7 Å². The molecule has 3 heterocycles. The molecular weight excluding hydrogens is 302 g/mol. The zero-order chi connectivity index (χ0) is 17.2. The highest BCUT2D eigenvalue weighted by Gasteiger charge is 2.37. The molecule has 5 nitrogen and oxygen atoms in total. The molecule has 0 bridgehead atoms. The van der Waals surface area contributed by atoms with Crippen LogP contribution in [-0.2, 0) is 6.54 Å². The van der Waals surface area contributed by atoms with Gasteiger partial charge in [0.25, 0.3) is 0 Å². The zero-order valence-electron chi connectivity index (χ0n) is 14.8. The first kappa shape index (κ1) is 17.1. The summed E-state index contributed by atoms with van der Waals surface area (Å²) >= 11 is 0. The molecule has 5 heteroatoms. The van der Waals surface area contributed by atoms with Gasteiger partial charge in [0.15, 0.2) is 11.6 Å². The number of rotatable bonds is 5. The van der Waals surface area contributed by atoms with E-state index in [0.717, 1.165) is 38.0 Å². The van der Waals surface area contributed by atoms with Crippen LogP contribution in [0.5, 0.6) is 0 Å². The van der Waals surface area contributed by atoms with Gasteiger partial charge < -0.3 is 9.52 Å². The number of aliphatic hydroxyl groups is 1. The van der Waals surface area contributed by atoms with E-state index >= 15 is 0 Å². The van der Waals surface area contributed by atoms with E-state index in [1.165, 1.54) is 0 Å². The molecule has 0 aromatic carbocycles. The van der Waals surface area contributed by atoms with Crippen LogP contribution in [0.4, 0.5) is 0 Å². The van der Waals surface area contributed by atoms with Gasteiger partial charge in [-0.15, -0.1) is 0 Å². The van der Waals surface area contributed by atoms with Crippen molar-refractivity contribution in [3.05, 3.63) is 36.4 Å². The van der Waals surface area contributed by atoms with E-state index in [4.69, 9.17) is 4.42 Å². The third-order valence-corrected chi connectivity index (χ3v) is 4.90. The molecule has 1 aliphatic heterocycles. The summed E-state index contributed by atoms with van der Waals surface area (Å²) in [6.45, 7) is 9.07. The van der Waals surface area contributed by atoms with Gasteiger partial charge in [-0.3, -0.25) is 4.90 Å². The van der Waals surface area contributed by atoms with E-state index in [9.17, 15) is 5.11 Å². The number of nitrogens with zero attached hydrogens (tertiary/aromatic N) is 3. The van der Waals surface area contributed by atoms with Gasteiger partial charge in [0.05, 0.1) is 11.9 Å². The Labute approximate surface area is 143 Å². The van der Waals surface area contributed by atoms with Crippen molar-refractivity contribution in [2.45, 2.75) is 45.8 Å². The highest BCUT2D eigenvalue weighted by molar-refractivity contribution is 5.45. The van der Waals surface area contributed by atoms with Crippen molar-refractivity contribution in [3.63, 3.8) is 0 Å². The lowest BCUT2D eigenvalue weighted by molar-refractivity contribution is -0.0664. The fourth-order valence-corrected chi connectivity index (χ4v) is 3.46. The fraction of sp³-hybridized carbons (Fsp3) is 0.579. The van der Waals surface area contributed by atoms with Crippen LogP contribution < -0.4 is 0 Å². The molecule has 1 aliphatic rings. The maximum Gasteiger partial charge on any atom is 0.195 e. The van der Waals surface area contributed by atoms with E-state index in [0.29, 0.717) is 23.4 Å². The molecule has 2 aromatic rings. The Balaban J connectivity index is 1.63. The summed E-state index contributed by atoms with van der Waals surface area (Å²) in [6.07, 6.45) is 7.23. The average molecular weight is 329 g/mol. The molecule has 0 radical (unpaired) electrons. The lowest BCUT2D eigenvalue weighted by atomic mass is 9.78. The van der Waals surface area contributed by atoms with E-state index in [2.05, 4.69) is 28.7 Å². The van der Waals surface area contributed by atoms with Gasteiger partial charge in [-0.05, 0) is 37.8 Å². The summed E-state index contributed by atoms with van der Waals surface area (Å²) < 4.78 is 5.32. The van der Waals surface area contributed by atoms with Crippen molar-refractivity contribution >= 4 is 0 Å². The van der Waals surface area contributed by atoms with Gasteiger partial charge in [-0.2, -0.15) is 0 Å². The van der Waals surface area contributed by atoms with E-state index in [1.54, 1.807) is 6.26 Å². The Bertz CT molecular complexity index is 635. The van der Waals surface area contributed by atoms with Crippen molar-refractivity contribution in [3.8, 4) is 11.6 Å². The van der Waals surface area contributed by atoms with Gasteiger partial charge in [0, 0.05) is 43.5 Å². The van der Waals surface area contributed by atoms with Crippen LogP contribution in [0.3, 0.4) is 0 Å². The molecule has 1 N–H and O–H groups in total. The maximum absolute atomic E-state index is 10.6. The summed E-state index contributed by atoms with van der Waals surface area (Å²) in [5, 5.41) is 10.6. The Kier molecular flexibility index (Phi) is 5.01. The number of aromatic nitrogens is 2. The first-order chi connectivity index (χ1) is 11.4. The Hall–Kier alpha value is -1.72. The number of likely N-dealkylation sites (tertiary alicyclic amines) is 1. The summed E-state index contributed by atoms with van der Waals surface area (Å²) in [4.78, 5) is 11.2. The van der Waals surface area contributed by atoms with Crippen LogP contribution in [0.15, 0.2) is 35.2 Å². The first-order valence-electron chi connectivity index (χ1n) is 8.73. The number of hydrogen-bond donors (Lipinski definition) is 1. The Morgan fingerprint density at radius 2 is 2.12 bits per heavy atom. The van der Waals surface area contributed by atoms with Gasteiger partial charge in [0.1, 0.15) is 0 Å². The SMILES string of the molecule is CC(C)C[C@@H]1CN(Cc2cnc(-c3ccco3)nc2)CC[C@]1(C)O. The smallest absolute Gasteiger partial charge is 0.195 e. The normalized spacial score (nSPS) is 25.3. The van der Waals surface area contributed by atoms with E-state index in [1.807, 2.05) is 31.5 Å².